The van der Waals surface area contributed by atoms with Crippen LogP contribution in [0.3, 0.4) is 0 Å². The highest BCUT2D eigenvalue weighted by Crippen LogP contribution is 2.50. The molecule has 0 saturated carbocycles. The van der Waals surface area contributed by atoms with Gasteiger partial charge in [-0.3, -0.25) is 14.4 Å². The highest BCUT2D eigenvalue weighted by Gasteiger charge is 2.60. The molecule has 0 spiro atoms. The van der Waals surface area contributed by atoms with E-state index >= 15 is 0 Å². The molecule has 17 nitrogen and oxygen atoms in total. The molecule has 0 aromatic rings. The van der Waals surface area contributed by atoms with Gasteiger partial charge in [-0.05, 0) is 52.5 Å². The number of cyclic esters (lactones) is 1. The number of carbonyl (C=O) groups is 5. The van der Waals surface area contributed by atoms with Crippen LogP contribution in [0.1, 0.15) is 114 Å². The molecule has 4 N–H and O–H groups in total. The summed E-state index contributed by atoms with van der Waals surface area (Å²) in [6.07, 6.45) is -5.17. The van der Waals surface area contributed by atoms with Crippen LogP contribution in [0.25, 0.3) is 0 Å². The maximum atomic E-state index is 13.4. The van der Waals surface area contributed by atoms with Crippen molar-refractivity contribution in [3.63, 3.8) is 0 Å². The lowest BCUT2D eigenvalue weighted by Crippen LogP contribution is -2.62. The average molecular weight is 867 g/mol. The number of hydrogen-bond acceptors (Lipinski definition) is 17. The van der Waals surface area contributed by atoms with E-state index in [-0.39, 0.29) is 50.5 Å². The van der Waals surface area contributed by atoms with Crippen LogP contribution in [-0.4, -0.2) is 131 Å². The summed E-state index contributed by atoms with van der Waals surface area (Å²) in [6, 6.07) is 0. The summed E-state index contributed by atoms with van der Waals surface area (Å²) in [5.74, 6) is -8.10. The largest absolute Gasteiger partial charge is 0.466 e. The normalized spacial score (nSPS) is 37.0. The van der Waals surface area contributed by atoms with Gasteiger partial charge in [-0.15, -0.1) is 0 Å². The number of ether oxygens (including phenoxy) is 8. The molecule has 3 saturated heterocycles. The lowest BCUT2D eigenvalue weighted by Gasteiger charge is -2.54. The lowest BCUT2D eigenvalue weighted by atomic mass is 9.70. The van der Waals surface area contributed by atoms with Gasteiger partial charge in [0, 0.05) is 50.2 Å². The van der Waals surface area contributed by atoms with Crippen LogP contribution in [0.4, 0.5) is 0 Å². The SMILES string of the molecule is COC(=O)/C=C1\CC2/C=C/C(C)(C)C3(O)OC(C/C(=C\C(=O)OC)C3OC(C)=O)CC(C(C)O)OC(=O)CC(O)CC3CC(OC(=O)C(C)(C)C)C(C)(C)C(O)(CC(C1)O2)O3. The number of aliphatic hydroxyl groups excluding tert-OH is 2. The molecule has 17 heteroatoms. The molecule has 0 aromatic carbocycles. The molecule has 0 radical (unpaired) electrons. The van der Waals surface area contributed by atoms with E-state index in [1.165, 1.54) is 20.1 Å². The van der Waals surface area contributed by atoms with Crippen molar-refractivity contribution in [2.75, 3.05) is 14.2 Å². The molecule has 4 aliphatic heterocycles. The summed E-state index contributed by atoms with van der Waals surface area (Å²) in [4.78, 5) is 64.5. The van der Waals surface area contributed by atoms with Crippen molar-refractivity contribution in [2.24, 2.45) is 16.2 Å². The molecular formula is C44H66O17. The molecule has 0 aliphatic carbocycles. The van der Waals surface area contributed by atoms with Crippen LogP contribution in [0.5, 0.6) is 0 Å². The first-order valence-electron chi connectivity index (χ1n) is 20.8. The second-order valence-corrected chi connectivity index (χ2v) is 18.9. The molecule has 11 unspecified atom stereocenters. The molecule has 3 fully saturated rings. The highest BCUT2D eigenvalue weighted by atomic mass is 16.7. The molecule has 4 rings (SSSR count). The Hall–Kier alpha value is -3.71. The number of esters is 5. The molecule has 4 aliphatic rings. The van der Waals surface area contributed by atoms with Crippen molar-refractivity contribution in [1.29, 1.82) is 0 Å². The molecule has 6 bridgehead atoms. The summed E-state index contributed by atoms with van der Waals surface area (Å²) in [7, 11) is 2.40. The third kappa shape index (κ3) is 12.1. The van der Waals surface area contributed by atoms with Gasteiger partial charge in [-0.25, -0.2) is 9.59 Å². The highest BCUT2D eigenvalue weighted by molar-refractivity contribution is 5.83. The molecule has 0 amide bonds. The lowest BCUT2D eigenvalue weighted by molar-refractivity contribution is -0.349. The van der Waals surface area contributed by atoms with E-state index < -0.39 is 119 Å². The maximum Gasteiger partial charge on any atom is 0.330 e. The molecule has 344 valence electrons. The number of hydrogen-bond donors (Lipinski definition) is 4. The Morgan fingerprint density at radius 1 is 0.869 bits per heavy atom. The van der Waals surface area contributed by atoms with Gasteiger partial charge in [0.05, 0.1) is 68.1 Å². The number of carbonyl (C=O) groups excluding carboxylic acids is 5. The standard InChI is InChI=1S/C44H66O17/c1-24(45)33-21-30-17-27(18-36(49)55-11)38(56-25(2)46)44(53,61-30)41(6,7)13-12-29-14-26(16-35(48)54-10)15-32(57-29)23-43(52)42(8,9)34(59-39(51)40(3,4)5)22-31(60-43)19-28(47)20-37(50)58-33/h12-13,16,18,24,28-34,38,45,47,52-53H,14-15,17,19-23H2,1-11H3/b13-12+,26-16+,27-18+. The Kier molecular flexibility index (Phi) is 15.8. The molecule has 4 heterocycles. The van der Waals surface area contributed by atoms with E-state index in [0.717, 1.165) is 20.1 Å². The van der Waals surface area contributed by atoms with Crippen LogP contribution < -0.4 is 0 Å². The summed E-state index contributed by atoms with van der Waals surface area (Å²) < 4.78 is 46.6. The third-order valence-corrected chi connectivity index (χ3v) is 12.1. The van der Waals surface area contributed by atoms with Crippen molar-refractivity contribution in [3.05, 3.63) is 35.5 Å². The summed E-state index contributed by atoms with van der Waals surface area (Å²) >= 11 is 0. The Morgan fingerprint density at radius 2 is 1.51 bits per heavy atom. The van der Waals surface area contributed by atoms with Crippen LogP contribution >= 0.6 is 0 Å². The number of aliphatic hydroxyl groups is 4. The molecule has 11 atom stereocenters. The zero-order chi connectivity index (χ0) is 45.9. The van der Waals surface area contributed by atoms with E-state index in [4.69, 9.17) is 37.9 Å². The first-order valence-corrected chi connectivity index (χ1v) is 20.8. The van der Waals surface area contributed by atoms with Gasteiger partial charge in [0.2, 0.25) is 5.79 Å². The number of fused-ring (bicyclic) bond motifs is 6. The van der Waals surface area contributed by atoms with E-state index in [9.17, 15) is 44.4 Å². The van der Waals surface area contributed by atoms with Gasteiger partial charge in [0.1, 0.15) is 12.2 Å². The summed E-state index contributed by atoms with van der Waals surface area (Å²) in [5.41, 5.74) is -2.91. The Labute approximate surface area is 357 Å². The van der Waals surface area contributed by atoms with E-state index in [1.807, 2.05) is 0 Å². The monoisotopic (exact) mass is 866 g/mol. The summed E-state index contributed by atoms with van der Waals surface area (Å²) in [6.45, 7) is 14.2. The predicted octanol–water partition coefficient (Wildman–Crippen LogP) is 3.41. The van der Waals surface area contributed by atoms with E-state index in [1.54, 1.807) is 60.6 Å². The molecule has 61 heavy (non-hydrogen) atoms. The van der Waals surface area contributed by atoms with Gasteiger partial charge < -0.3 is 58.3 Å². The Bertz CT molecular complexity index is 1720. The van der Waals surface area contributed by atoms with Gasteiger partial charge in [-0.1, -0.05) is 45.4 Å². The zero-order valence-electron chi connectivity index (χ0n) is 37.3. The molecular weight excluding hydrogens is 800 g/mol. The topological polar surface area (TPSA) is 240 Å². The van der Waals surface area contributed by atoms with Crippen molar-refractivity contribution < 1.29 is 82.3 Å². The minimum Gasteiger partial charge on any atom is -0.466 e. The fraction of sp³-hybridized carbons (Fsp3) is 0.750. The van der Waals surface area contributed by atoms with Crippen molar-refractivity contribution in [1.82, 2.24) is 0 Å². The van der Waals surface area contributed by atoms with Crippen molar-refractivity contribution in [2.45, 2.75) is 180 Å². The number of rotatable bonds is 5. The fourth-order valence-corrected chi connectivity index (χ4v) is 8.21. The molecule has 0 aromatic heterocycles. The van der Waals surface area contributed by atoms with Crippen LogP contribution in [0.2, 0.25) is 0 Å². The summed E-state index contributed by atoms with van der Waals surface area (Å²) in [5, 5.41) is 47.4. The smallest absolute Gasteiger partial charge is 0.330 e. The van der Waals surface area contributed by atoms with Gasteiger partial charge in [-0.2, -0.15) is 0 Å². The van der Waals surface area contributed by atoms with Crippen molar-refractivity contribution >= 4 is 29.8 Å². The Balaban J connectivity index is 1.89. The van der Waals surface area contributed by atoms with Gasteiger partial charge >= 0.3 is 29.8 Å². The minimum absolute atomic E-state index is 0.0662. The average Bonchev–Trinajstić information content (AvgIpc) is 3.12. The predicted molar refractivity (Wildman–Crippen MR) is 215 cm³/mol. The van der Waals surface area contributed by atoms with Crippen LogP contribution in [-0.2, 0) is 61.9 Å². The Morgan fingerprint density at radius 3 is 2.10 bits per heavy atom. The second kappa shape index (κ2) is 19.4. The quantitative estimate of drug-likeness (QED) is 0.134. The van der Waals surface area contributed by atoms with Gasteiger partial charge in [0.25, 0.3) is 0 Å². The van der Waals surface area contributed by atoms with Gasteiger partial charge in [0.15, 0.2) is 11.9 Å². The number of methoxy groups -OCH3 is 2. The first-order chi connectivity index (χ1) is 28.1. The van der Waals surface area contributed by atoms with Crippen LogP contribution in [0.15, 0.2) is 35.5 Å². The minimum atomic E-state index is -2.41. The van der Waals surface area contributed by atoms with E-state index in [0.29, 0.717) is 5.57 Å². The maximum absolute atomic E-state index is 13.4. The first kappa shape index (κ1) is 49.9. The zero-order valence-corrected chi connectivity index (χ0v) is 37.3. The fourth-order valence-electron chi connectivity index (χ4n) is 8.21. The van der Waals surface area contributed by atoms with E-state index in [2.05, 4.69) is 0 Å². The third-order valence-electron chi connectivity index (χ3n) is 12.1. The van der Waals surface area contributed by atoms with Crippen LogP contribution in [0, 0.1) is 16.2 Å². The second-order valence-electron chi connectivity index (χ2n) is 18.9. The van der Waals surface area contributed by atoms with Crippen molar-refractivity contribution in [3.8, 4) is 0 Å².